The van der Waals surface area contributed by atoms with Crippen LogP contribution in [0.1, 0.15) is 60.3 Å². The smallest absolute Gasteiger partial charge is 0.302 e. The molecule has 0 amide bonds. The first-order valence-electron chi connectivity index (χ1n) is 10.4. The van der Waals surface area contributed by atoms with E-state index in [9.17, 15) is 19.5 Å². The predicted molar refractivity (Wildman–Crippen MR) is 107 cm³/mol. The van der Waals surface area contributed by atoms with Crippen molar-refractivity contribution in [2.24, 2.45) is 22.7 Å². The molecule has 1 fully saturated rings. The molecule has 0 saturated heterocycles. The van der Waals surface area contributed by atoms with Crippen LogP contribution >= 0.6 is 0 Å². The van der Waals surface area contributed by atoms with Gasteiger partial charge in [0.1, 0.15) is 5.76 Å². The van der Waals surface area contributed by atoms with Gasteiger partial charge in [0.05, 0.1) is 12.7 Å². The van der Waals surface area contributed by atoms with E-state index in [2.05, 4.69) is 6.92 Å². The van der Waals surface area contributed by atoms with Crippen molar-refractivity contribution >= 4 is 17.5 Å². The summed E-state index contributed by atoms with van der Waals surface area (Å²) < 4.78 is 11.1. The Labute approximate surface area is 172 Å². The molecule has 0 bridgehead atoms. The van der Waals surface area contributed by atoms with Gasteiger partial charge in [-0.1, -0.05) is 34.1 Å². The third kappa shape index (κ3) is 3.25. The van der Waals surface area contributed by atoms with Gasteiger partial charge < -0.3 is 14.6 Å². The standard InChI is InChI=1S/C23H32O6/c1-12(2)16-19(25)17-14(28-6)10-15-22(4,11-29-13(3)24)8-7-9-23(15,5)18(17)21(27)20(16)26/h12,14-15,25H,7-11H2,1-6H3. The molecule has 4 unspecified atom stereocenters. The van der Waals surface area contributed by atoms with Gasteiger partial charge in [-0.2, -0.15) is 0 Å². The highest BCUT2D eigenvalue weighted by atomic mass is 16.5. The van der Waals surface area contributed by atoms with E-state index < -0.39 is 23.1 Å². The highest BCUT2D eigenvalue weighted by Crippen LogP contribution is 2.61. The molecule has 3 aliphatic carbocycles. The summed E-state index contributed by atoms with van der Waals surface area (Å²) in [5.74, 6) is -1.82. The molecule has 6 nitrogen and oxygen atoms in total. The number of aliphatic hydroxyl groups is 1. The Morgan fingerprint density at radius 3 is 2.41 bits per heavy atom. The van der Waals surface area contributed by atoms with Crippen LogP contribution in [0, 0.1) is 22.7 Å². The highest BCUT2D eigenvalue weighted by molar-refractivity contribution is 6.50. The summed E-state index contributed by atoms with van der Waals surface area (Å²) in [5, 5.41) is 11.0. The summed E-state index contributed by atoms with van der Waals surface area (Å²) in [4.78, 5) is 37.7. The molecule has 0 aromatic rings. The second kappa shape index (κ2) is 7.38. The van der Waals surface area contributed by atoms with Gasteiger partial charge in [-0.25, -0.2) is 0 Å². The van der Waals surface area contributed by atoms with Gasteiger partial charge in [0.25, 0.3) is 0 Å². The van der Waals surface area contributed by atoms with Crippen LogP contribution in [0.2, 0.25) is 0 Å². The molecule has 0 aliphatic heterocycles. The van der Waals surface area contributed by atoms with E-state index in [0.717, 1.165) is 19.3 Å². The number of fused-ring (bicyclic) bond motifs is 2. The summed E-state index contributed by atoms with van der Waals surface area (Å²) in [6.45, 7) is 9.36. The summed E-state index contributed by atoms with van der Waals surface area (Å²) in [7, 11) is 1.56. The number of methoxy groups -OCH3 is 1. The topological polar surface area (TPSA) is 89.9 Å². The molecule has 0 aromatic carbocycles. The van der Waals surface area contributed by atoms with Crippen LogP contribution < -0.4 is 0 Å². The van der Waals surface area contributed by atoms with Gasteiger partial charge in [0.2, 0.25) is 11.6 Å². The first-order valence-corrected chi connectivity index (χ1v) is 10.4. The summed E-state index contributed by atoms with van der Waals surface area (Å²) in [5.41, 5.74) is 0.143. The lowest BCUT2D eigenvalue weighted by Gasteiger charge is -2.57. The van der Waals surface area contributed by atoms with E-state index in [1.165, 1.54) is 6.92 Å². The molecule has 0 spiro atoms. The van der Waals surface area contributed by atoms with Gasteiger partial charge in [0, 0.05) is 41.6 Å². The number of ketones is 2. The minimum absolute atomic E-state index is 0.0167. The van der Waals surface area contributed by atoms with Crippen LogP contribution in [0.4, 0.5) is 0 Å². The minimum Gasteiger partial charge on any atom is -0.507 e. The Hall–Kier alpha value is -1.95. The second-order valence-corrected chi connectivity index (χ2v) is 9.58. The molecule has 6 heteroatoms. The zero-order valence-corrected chi connectivity index (χ0v) is 18.3. The molecule has 1 saturated carbocycles. The lowest BCUT2D eigenvalue weighted by molar-refractivity contribution is -0.151. The number of aliphatic hydroxyl groups excluding tert-OH is 1. The van der Waals surface area contributed by atoms with E-state index in [4.69, 9.17) is 9.47 Å². The number of carbonyl (C=O) groups is 3. The van der Waals surface area contributed by atoms with E-state index in [1.807, 2.05) is 6.92 Å². The molecule has 3 aliphatic rings. The van der Waals surface area contributed by atoms with Crippen LogP contribution in [0.5, 0.6) is 0 Å². The molecule has 0 aromatic heterocycles. The highest BCUT2D eigenvalue weighted by Gasteiger charge is 2.59. The maximum absolute atomic E-state index is 13.3. The zero-order chi connectivity index (χ0) is 21.7. The number of rotatable bonds is 4. The number of hydrogen-bond donors (Lipinski definition) is 1. The Morgan fingerprint density at radius 2 is 1.86 bits per heavy atom. The molecule has 3 rings (SSSR count). The average molecular weight is 405 g/mol. The van der Waals surface area contributed by atoms with Crippen molar-refractivity contribution in [2.45, 2.75) is 66.4 Å². The van der Waals surface area contributed by atoms with Gasteiger partial charge in [0.15, 0.2) is 0 Å². The summed E-state index contributed by atoms with van der Waals surface area (Å²) in [6, 6.07) is 0. The van der Waals surface area contributed by atoms with Crippen molar-refractivity contribution in [1.82, 2.24) is 0 Å². The molecule has 4 atom stereocenters. The molecule has 1 N–H and O–H groups in total. The first-order chi connectivity index (χ1) is 13.5. The Bertz CT molecular complexity index is 819. The van der Waals surface area contributed by atoms with Gasteiger partial charge in [-0.05, 0) is 31.1 Å². The van der Waals surface area contributed by atoms with Crippen molar-refractivity contribution in [3.05, 3.63) is 22.5 Å². The van der Waals surface area contributed by atoms with Crippen LogP contribution in [-0.2, 0) is 23.9 Å². The normalized spacial score (nSPS) is 35.0. The Kier molecular flexibility index (Phi) is 5.54. The van der Waals surface area contributed by atoms with Crippen molar-refractivity contribution in [3.63, 3.8) is 0 Å². The largest absolute Gasteiger partial charge is 0.507 e. The SMILES string of the molecule is COC1CC2C(C)(COC(C)=O)CCCC2(C)C2=C1C(O)=C(C(C)C)C(=O)C2=O. The fraction of sp³-hybridized carbons (Fsp3) is 0.696. The third-order valence-corrected chi connectivity index (χ3v) is 7.32. The van der Waals surface area contributed by atoms with Gasteiger partial charge in [-0.15, -0.1) is 0 Å². The second-order valence-electron chi connectivity index (χ2n) is 9.58. The molecule has 160 valence electrons. The Balaban J connectivity index is 2.19. The lowest BCUT2D eigenvalue weighted by atomic mass is 9.48. The monoisotopic (exact) mass is 404 g/mol. The van der Waals surface area contributed by atoms with E-state index >= 15 is 0 Å². The van der Waals surface area contributed by atoms with Crippen LogP contribution in [0.25, 0.3) is 0 Å². The molecular weight excluding hydrogens is 372 g/mol. The Morgan fingerprint density at radius 1 is 1.21 bits per heavy atom. The average Bonchev–Trinajstić information content (AvgIpc) is 2.63. The van der Waals surface area contributed by atoms with Gasteiger partial charge in [-0.3, -0.25) is 14.4 Å². The zero-order valence-electron chi connectivity index (χ0n) is 18.3. The molecule has 29 heavy (non-hydrogen) atoms. The number of Topliss-reactive ketones (excluding diaryl/α,β-unsaturated/α-hetero) is 2. The predicted octanol–water partition coefficient (Wildman–Crippen LogP) is 3.70. The quantitative estimate of drug-likeness (QED) is 0.437. The van der Waals surface area contributed by atoms with Gasteiger partial charge >= 0.3 is 5.97 Å². The molecule has 0 heterocycles. The number of ether oxygens (including phenoxy) is 2. The van der Waals surface area contributed by atoms with Crippen molar-refractivity contribution in [1.29, 1.82) is 0 Å². The molecule has 0 radical (unpaired) electrons. The van der Waals surface area contributed by atoms with E-state index in [0.29, 0.717) is 17.6 Å². The molecular formula is C23H32O6. The van der Waals surface area contributed by atoms with Crippen LogP contribution in [0.3, 0.4) is 0 Å². The van der Waals surface area contributed by atoms with Crippen molar-refractivity contribution < 1.29 is 29.0 Å². The maximum Gasteiger partial charge on any atom is 0.302 e. The fourth-order valence-electron chi connectivity index (χ4n) is 5.95. The van der Waals surface area contributed by atoms with E-state index in [1.54, 1.807) is 21.0 Å². The van der Waals surface area contributed by atoms with E-state index in [-0.39, 0.29) is 41.2 Å². The lowest BCUT2D eigenvalue weighted by Crippen LogP contribution is -2.55. The number of hydrogen-bond acceptors (Lipinski definition) is 6. The third-order valence-electron chi connectivity index (χ3n) is 7.32. The van der Waals surface area contributed by atoms with Crippen molar-refractivity contribution in [2.75, 3.05) is 13.7 Å². The first kappa shape index (κ1) is 21.8. The number of carbonyl (C=O) groups excluding carboxylic acids is 3. The van der Waals surface area contributed by atoms with Crippen molar-refractivity contribution in [3.8, 4) is 0 Å². The van der Waals surface area contributed by atoms with Crippen LogP contribution in [-0.4, -0.2) is 42.5 Å². The fourth-order valence-corrected chi connectivity index (χ4v) is 5.95. The number of esters is 1. The minimum atomic E-state index is -0.611. The summed E-state index contributed by atoms with van der Waals surface area (Å²) in [6.07, 6.45) is 2.57. The summed E-state index contributed by atoms with van der Waals surface area (Å²) >= 11 is 0. The maximum atomic E-state index is 13.3. The van der Waals surface area contributed by atoms with Crippen LogP contribution in [0.15, 0.2) is 22.5 Å². The number of allylic oxidation sites excluding steroid dienone is 2.